The van der Waals surface area contributed by atoms with E-state index in [1.807, 2.05) is 19.1 Å². The average molecular weight is 356 g/mol. The lowest BCUT2D eigenvalue weighted by atomic mass is 10.1. The summed E-state index contributed by atoms with van der Waals surface area (Å²) in [5.74, 6) is -0.511. The van der Waals surface area contributed by atoms with Gasteiger partial charge < -0.3 is 16.0 Å². The van der Waals surface area contributed by atoms with Crippen molar-refractivity contribution in [3.63, 3.8) is 0 Å². The molecule has 0 saturated heterocycles. The van der Waals surface area contributed by atoms with Gasteiger partial charge in [0.15, 0.2) is 0 Å². The lowest BCUT2D eigenvalue weighted by Crippen LogP contribution is -2.34. The molecule has 0 spiro atoms. The minimum absolute atomic E-state index is 0.000461. The van der Waals surface area contributed by atoms with Crippen LogP contribution in [-0.2, 0) is 4.79 Å². The third-order valence-corrected chi connectivity index (χ3v) is 4.17. The Morgan fingerprint density at radius 1 is 1.19 bits per heavy atom. The van der Waals surface area contributed by atoms with E-state index < -0.39 is 11.8 Å². The van der Waals surface area contributed by atoms with Crippen LogP contribution in [0.25, 0.3) is 0 Å². The molecule has 1 aliphatic carbocycles. The van der Waals surface area contributed by atoms with Gasteiger partial charge in [-0.3, -0.25) is 9.78 Å². The third-order valence-electron chi connectivity index (χ3n) is 4.17. The second kappa shape index (κ2) is 7.51. The van der Waals surface area contributed by atoms with E-state index in [2.05, 4.69) is 20.9 Å². The molecule has 1 aliphatic rings. The molecular weight excluding hydrogens is 335 g/mol. The first kappa shape index (κ1) is 17.8. The van der Waals surface area contributed by atoms with Crippen LogP contribution in [0.4, 0.5) is 20.6 Å². The summed E-state index contributed by atoms with van der Waals surface area (Å²) in [6.07, 6.45) is 3.76. The van der Waals surface area contributed by atoms with Gasteiger partial charge in [0.25, 0.3) is 0 Å². The summed E-state index contributed by atoms with van der Waals surface area (Å²) in [5.41, 5.74) is 2.28. The van der Waals surface area contributed by atoms with Crippen LogP contribution in [0.1, 0.15) is 37.1 Å². The van der Waals surface area contributed by atoms with Crippen molar-refractivity contribution in [2.45, 2.75) is 32.7 Å². The summed E-state index contributed by atoms with van der Waals surface area (Å²) in [7, 11) is 0. The second-order valence-corrected chi connectivity index (χ2v) is 6.55. The predicted octanol–water partition coefficient (Wildman–Crippen LogP) is 3.76. The number of amides is 3. The molecule has 1 fully saturated rings. The number of carbonyl (C=O) groups is 2. The normalized spacial score (nSPS) is 14.4. The molecule has 26 heavy (non-hydrogen) atoms. The largest absolute Gasteiger partial charge is 0.329 e. The summed E-state index contributed by atoms with van der Waals surface area (Å²) in [6, 6.07) is 7.14. The van der Waals surface area contributed by atoms with Crippen LogP contribution < -0.4 is 16.0 Å². The number of rotatable bonds is 5. The van der Waals surface area contributed by atoms with Crippen molar-refractivity contribution in [3.05, 3.63) is 53.6 Å². The highest BCUT2D eigenvalue weighted by atomic mass is 19.1. The van der Waals surface area contributed by atoms with Crippen molar-refractivity contribution < 1.29 is 14.0 Å². The number of hydrogen-bond donors (Lipinski definition) is 3. The topological polar surface area (TPSA) is 83.1 Å². The SMILES string of the molecule is CC(=O)Nc1ccc(F)c(NC(=O)N[C@@H](c2cc(C)ccn2)C2CC2)c1. The Morgan fingerprint density at radius 3 is 2.62 bits per heavy atom. The zero-order chi connectivity index (χ0) is 18.7. The summed E-state index contributed by atoms with van der Waals surface area (Å²) in [4.78, 5) is 27.9. The van der Waals surface area contributed by atoms with Gasteiger partial charge in [-0.2, -0.15) is 0 Å². The number of nitrogens with one attached hydrogen (secondary N) is 3. The number of aromatic nitrogens is 1. The van der Waals surface area contributed by atoms with E-state index in [1.54, 1.807) is 6.20 Å². The number of aryl methyl sites for hydroxylation is 1. The molecule has 1 atom stereocenters. The van der Waals surface area contributed by atoms with Gasteiger partial charge in [-0.05, 0) is 61.6 Å². The van der Waals surface area contributed by atoms with Gasteiger partial charge in [-0.1, -0.05) is 0 Å². The minimum atomic E-state index is -0.578. The molecule has 3 amide bonds. The molecule has 3 N–H and O–H groups in total. The Kier molecular flexibility index (Phi) is 5.16. The molecule has 6 nitrogen and oxygen atoms in total. The number of carbonyl (C=O) groups excluding carboxylic acids is 2. The fraction of sp³-hybridized carbons (Fsp3) is 0.316. The maximum absolute atomic E-state index is 14.0. The van der Waals surface area contributed by atoms with Crippen LogP contribution in [0.5, 0.6) is 0 Å². The van der Waals surface area contributed by atoms with Crippen LogP contribution in [0.15, 0.2) is 36.5 Å². The van der Waals surface area contributed by atoms with Gasteiger partial charge in [-0.15, -0.1) is 0 Å². The minimum Gasteiger partial charge on any atom is -0.329 e. The van der Waals surface area contributed by atoms with Crippen LogP contribution in [0.3, 0.4) is 0 Å². The Labute approximate surface area is 151 Å². The third kappa shape index (κ3) is 4.56. The highest BCUT2D eigenvalue weighted by Gasteiger charge is 2.34. The molecule has 3 rings (SSSR count). The van der Waals surface area contributed by atoms with Gasteiger partial charge in [0.05, 0.1) is 17.4 Å². The molecule has 0 bridgehead atoms. The predicted molar refractivity (Wildman–Crippen MR) is 97.3 cm³/mol. The first-order valence-electron chi connectivity index (χ1n) is 8.49. The Bertz CT molecular complexity index is 836. The van der Waals surface area contributed by atoms with Crippen molar-refractivity contribution in [1.82, 2.24) is 10.3 Å². The molecule has 136 valence electrons. The van der Waals surface area contributed by atoms with Crippen LogP contribution in [-0.4, -0.2) is 16.9 Å². The lowest BCUT2D eigenvalue weighted by molar-refractivity contribution is -0.114. The first-order valence-corrected chi connectivity index (χ1v) is 8.49. The first-order chi connectivity index (χ1) is 12.4. The van der Waals surface area contributed by atoms with Crippen LogP contribution in [0, 0.1) is 18.7 Å². The Morgan fingerprint density at radius 2 is 1.96 bits per heavy atom. The van der Waals surface area contributed by atoms with E-state index in [0.29, 0.717) is 11.6 Å². The molecular formula is C19H21FN4O2. The second-order valence-electron chi connectivity index (χ2n) is 6.55. The number of pyridine rings is 1. The molecule has 0 unspecified atom stereocenters. The number of urea groups is 1. The van der Waals surface area contributed by atoms with E-state index in [4.69, 9.17) is 0 Å². The number of hydrogen-bond acceptors (Lipinski definition) is 3. The molecule has 7 heteroatoms. The van der Waals surface area contributed by atoms with Gasteiger partial charge in [0, 0.05) is 18.8 Å². The fourth-order valence-corrected chi connectivity index (χ4v) is 2.79. The fourth-order valence-electron chi connectivity index (χ4n) is 2.79. The van der Waals surface area contributed by atoms with Crippen molar-refractivity contribution in [1.29, 1.82) is 0 Å². The summed E-state index contributed by atoms with van der Waals surface area (Å²) < 4.78 is 14.0. The van der Waals surface area contributed by atoms with E-state index in [9.17, 15) is 14.0 Å². The number of halogens is 1. The van der Waals surface area contributed by atoms with Crippen molar-refractivity contribution >= 4 is 23.3 Å². The molecule has 1 saturated carbocycles. The lowest BCUT2D eigenvalue weighted by Gasteiger charge is -2.19. The molecule has 2 aromatic rings. The van der Waals surface area contributed by atoms with Crippen molar-refractivity contribution in [2.24, 2.45) is 5.92 Å². The molecule has 1 heterocycles. The number of anilines is 2. The smallest absolute Gasteiger partial charge is 0.319 e. The van der Waals surface area contributed by atoms with E-state index in [0.717, 1.165) is 24.1 Å². The molecule has 1 aromatic carbocycles. The van der Waals surface area contributed by atoms with E-state index in [-0.39, 0.29) is 17.6 Å². The quantitative estimate of drug-likeness (QED) is 0.763. The van der Waals surface area contributed by atoms with Crippen LogP contribution >= 0.6 is 0 Å². The summed E-state index contributed by atoms with van der Waals surface area (Å²) >= 11 is 0. The van der Waals surface area contributed by atoms with E-state index >= 15 is 0 Å². The molecule has 0 aliphatic heterocycles. The van der Waals surface area contributed by atoms with Crippen molar-refractivity contribution in [2.75, 3.05) is 10.6 Å². The number of nitrogens with zero attached hydrogens (tertiary/aromatic N) is 1. The number of benzene rings is 1. The van der Waals surface area contributed by atoms with Crippen LogP contribution in [0.2, 0.25) is 0 Å². The van der Waals surface area contributed by atoms with E-state index in [1.165, 1.54) is 25.1 Å². The summed E-state index contributed by atoms with van der Waals surface area (Å²) in [5, 5.41) is 7.97. The zero-order valence-corrected chi connectivity index (χ0v) is 14.7. The maximum Gasteiger partial charge on any atom is 0.319 e. The van der Waals surface area contributed by atoms with Gasteiger partial charge in [-0.25, -0.2) is 9.18 Å². The summed E-state index contributed by atoms with van der Waals surface area (Å²) in [6.45, 7) is 3.33. The van der Waals surface area contributed by atoms with Gasteiger partial charge in [0.2, 0.25) is 5.91 Å². The average Bonchev–Trinajstić information content (AvgIpc) is 3.40. The maximum atomic E-state index is 14.0. The highest BCUT2D eigenvalue weighted by Crippen LogP contribution is 2.40. The van der Waals surface area contributed by atoms with Crippen molar-refractivity contribution in [3.8, 4) is 0 Å². The molecule has 0 radical (unpaired) electrons. The molecule has 1 aromatic heterocycles. The standard InChI is InChI=1S/C19H21FN4O2/c1-11-7-8-21-17(9-11)18(13-3-4-13)24-19(26)23-16-10-14(22-12(2)25)5-6-15(16)20/h5-10,13,18H,3-4H2,1-2H3,(H,22,25)(H2,23,24,26)/t18-/m1/s1. The zero-order valence-electron chi connectivity index (χ0n) is 14.7. The Hall–Kier alpha value is -2.96. The Balaban J connectivity index is 1.72. The van der Waals surface area contributed by atoms with Gasteiger partial charge in [0.1, 0.15) is 5.82 Å². The van der Waals surface area contributed by atoms with Gasteiger partial charge >= 0.3 is 6.03 Å². The monoisotopic (exact) mass is 356 g/mol. The highest BCUT2D eigenvalue weighted by molar-refractivity contribution is 5.92.